The Kier molecular flexibility index (Phi) is 5.05. The highest BCUT2D eigenvalue weighted by molar-refractivity contribution is 7.23. The van der Waals surface area contributed by atoms with Crippen LogP contribution in [0.2, 0.25) is 0 Å². The molecule has 0 saturated carbocycles. The first kappa shape index (κ1) is 21.0. The molecule has 2 aromatic carbocycles. The fourth-order valence-corrected chi connectivity index (χ4v) is 4.47. The van der Waals surface area contributed by atoms with Gasteiger partial charge >= 0.3 is 6.03 Å². The van der Waals surface area contributed by atoms with E-state index >= 15 is 0 Å². The van der Waals surface area contributed by atoms with Gasteiger partial charge in [-0.1, -0.05) is 49.4 Å². The van der Waals surface area contributed by atoms with Crippen molar-refractivity contribution in [1.82, 2.24) is 14.5 Å². The normalized spacial score (nSPS) is 11.8. The molecule has 0 unspecified atom stereocenters. The molecular formula is C24H23N5O3S. The maximum Gasteiger partial charge on any atom is 0.326 e. The lowest BCUT2D eigenvalue weighted by Crippen LogP contribution is -2.19. The van der Waals surface area contributed by atoms with Gasteiger partial charge in [-0.15, -0.1) is 0 Å². The van der Waals surface area contributed by atoms with Gasteiger partial charge in [0.15, 0.2) is 4.96 Å². The summed E-state index contributed by atoms with van der Waals surface area (Å²) in [5.41, 5.74) is 4.19. The zero-order valence-electron chi connectivity index (χ0n) is 18.7. The molecule has 0 spiro atoms. The number of thiazole rings is 1. The van der Waals surface area contributed by atoms with E-state index in [1.165, 1.54) is 0 Å². The standard InChI is InChI=1S/C24H23N5O3S/c1-24(2,3)20-12-21(32-28-20)27-22(30)25-15-7-5-14(6-8-15)17-13-29-18-10-9-16(31-4)11-19(18)33-23(29)26-17/h5-13H,1-4H3,(H2,25,27,30). The van der Waals surface area contributed by atoms with Crippen molar-refractivity contribution >= 4 is 44.1 Å². The van der Waals surface area contributed by atoms with Crippen molar-refractivity contribution in [2.24, 2.45) is 0 Å². The van der Waals surface area contributed by atoms with Gasteiger partial charge in [-0.25, -0.2) is 9.78 Å². The highest BCUT2D eigenvalue weighted by Crippen LogP contribution is 2.32. The molecule has 0 aliphatic heterocycles. The summed E-state index contributed by atoms with van der Waals surface area (Å²) in [6, 6.07) is 14.9. The van der Waals surface area contributed by atoms with Crippen LogP contribution in [0.3, 0.4) is 0 Å². The predicted molar refractivity (Wildman–Crippen MR) is 130 cm³/mol. The maximum atomic E-state index is 12.3. The summed E-state index contributed by atoms with van der Waals surface area (Å²) in [6.07, 6.45) is 2.02. The van der Waals surface area contributed by atoms with Gasteiger partial charge in [-0.2, -0.15) is 0 Å². The van der Waals surface area contributed by atoms with Crippen LogP contribution < -0.4 is 15.4 Å². The average molecular weight is 462 g/mol. The summed E-state index contributed by atoms with van der Waals surface area (Å²) in [6.45, 7) is 6.08. The molecule has 3 heterocycles. The molecule has 0 bridgehead atoms. The second-order valence-corrected chi connectivity index (χ2v) is 9.71. The van der Waals surface area contributed by atoms with Crippen LogP contribution in [-0.2, 0) is 5.41 Å². The molecule has 0 aliphatic carbocycles. The number of rotatable bonds is 4. The van der Waals surface area contributed by atoms with Crippen LogP contribution in [0.25, 0.3) is 26.4 Å². The zero-order chi connectivity index (χ0) is 23.2. The number of hydrogen-bond donors (Lipinski definition) is 2. The summed E-state index contributed by atoms with van der Waals surface area (Å²) < 4.78 is 13.7. The van der Waals surface area contributed by atoms with E-state index in [0.717, 1.165) is 37.9 Å². The number of aromatic nitrogens is 3. The highest BCUT2D eigenvalue weighted by Gasteiger charge is 2.19. The van der Waals surface area contributed by atoms with Gasteiger partial charge in [0.25, 0.3) is 0 Å². The average Bonchev–Trinajstić information content (AvgIpc) is 3.48. The van der Waals surface area contributed by atoms with E-state index < -0.39 is 6.03 Å². The molecule has 5 rings (SSSR count). The Bertz CT molecular complexity index is 1460. The van der Waals surface area contributed by atoms with Gasteiger partial charge in [0.05, 0.1) is 28.7 Å². The van der Waals surface area contributed by atoms with Gasteiger partial charge in [0.1, 0.15) is 5.75 Å². The summed E-state index contributed by atoms with van der Waals surface area (Å²) >= 11 is 1.61. The number of benzene rings is 2. The van der Waals surface area contributed by atoms with Crippen molar-refractivity contribution in [3.63, 3.8) is 0 Å². The molecule has 168 valence electrons. The molecular weight excluding hydrogens is 438 g/mol. The van der Waals surface area contributed by atoms with Crippen LogP contribution in [0.4, 0.5) is 16.4 Å². The molecule has 0 radical (unpaired) electrons. The van der Waals surface area contributed by atoms with Crippen molar-refractivity contribution in [1.29, 1.82) is 0 Å². The molecule has 9 heteroatoms. The number of imidazole rings is 1. The number of nitrogens with zero attached hydrogens (tertiary/aromatic N) is 3. The number of nitrogens with one attached hydrogen (secondary N) is 2. The maximum absolute atomic E-state index is 12.3. The van der Waals surface area contributed by atoms with Crippen LogP contribution in [-0.4, -0.2) is 27.7 Å². The number of hydrogen-bond acceptors (Lipinski definition) is 6. The third kappa shape index (κ3) is 4.14. The van der Waals surface area contributed by atoms with Gasteiger partial charge in [0, 0.05) is 28.9 Å². The molecule has 33 heavy (non-hydrogen) atoms. The van der Waals surface area contributed by atoms with Crippen molar-refractivity contribution in [2.45, 2.75) is 26.2 Å². The molecule has 3 aromatic heterocycles. The van der Waals surface area contributed by atoms with E-state index in [9.17, 15) is 4.79 Å². The second-order valence-electron chi connectivity index (χ2n) is 8.70. The second kappa shape index (κ2) is 7.93. The van der Waals surface area contributed by atoms with Gasteiger partial charge < -0.3 is 14.6 Å². The van der Waals surface area contributed by atoms with E-state index in [0.29, 0.717) is 11.6 Å². The first-order valence-corrected chi connectivity index (χ1v) is 11.2. The predicted octanol–water partition coefficient (Wildman–Crippen LogP) is 6.15. The number of anilines is 2. The summed E-state index contributed by atoms with van der Waals surface area (Å²) in [5, 5.41) is 9.47. The molecule has 0 aliphatic rings. The van der Waals surface area contributed by atoms with E-state index in [-0.39, 0.29) is 5.41 Å². The lowest BCUT2D eigenvalue weighted by atomic mass is 9.92. The SMILES string of the molecule is COc1ccc2c(c1)sc1nc(-c3ccc(NC(=O)Nc4cc(C(C)(C)C)no4)cc3)cn12. The number of carbonyl (C=O) groups is 1. The molecule has 2 amide bonds. The molecule has 5 aromatic rings. The quantitative estimate of drug-likeness (QED) is 0.335. The molecule has 0 atom stereocenters. The Morgan fingerprint density at radius 1 is 1.09 bits per heavy atom. The van der Waals surface area contributed by atoms with Crippen LogP contribution in [0.15, 0.2) is 59.3 Å². The number of amides is 2. The third-order valence-corrected chi connectivity index (χ3v) is 6.27. The largest absolute Gasteiger partial charge is 0.497 e. The van der Waals surface area contributed by atoms with Crippen LogP contribution in [0.5, 0.6) is 5.75 Å². The Morgan fingerprint density at radius 2 is 1.88 bits per heavy atom. The minimum atomic E-state index is -0.399. The summed E-state index contributed by atoms with van der Waals surface area (Å²) in [7, 11) is 1.66. The number of ether oxygens (including phenoxy) is 1. The highest BCUT2D eigenvalue weighted by atomic mass is 32.1. The van der Waals surface area contributed by atoms with E-state index in [1.54, 1.807) is 24.5 Å². The summed E-state index contributed by atoms with van der Waals surface area (Å²) in [4.78, 5) is 18.0. The Hall–Kier alpha value is -3.85. The van der Waals surface area contributed by atoms with Crippen LogP contribution in [0.1, 0.15) is 26.5 Å². The smallest absolute Gasteiger partial charge is 0.326 e. The minimum absolute atomic E-state index is 0.156. The van der Waals surface area contributed by atoms with Crippen molar-refractivity contribution in [3.05, 3.63) is 60.4 Å². The lowest BCUT2D eigenvalue weighted by molar-refractivity contribution is 0.261. The third-order valence-electron chi connectivity index (χ3n) is 5.26. The van der Waals surface area contributed by atoms with Gasteiger partial charge in [0.2, 0.25) is 5.88 Å². The van der Waals surface area contributed by atoms with Crippen LogP contribution >= 0.6 is 11.3 Å². The van der Waals surface area contributed by atoms with Crippen molar-refractivity contribution < 1.29 is 14.1 Å². The topological polar surface area (TPSA) is 93.7 Å². The molecule has 0 saturated heterocycles. The van der Waals surface area contributed by atoms with Gasteiger partial charge in [-0.3, -0.25) is 9.72 Å². The first-order valence-electron chi connectivity index (χ1n) is 10.4. The number of carbonyl (C=O) groups excluding carboxylic acids is 1. The fraction of sp³-hybridized carbons (Fsp3) is 0.208. The van der Waals surface area contributed by atoms with E-state index in [1.807, 2.05) is 69.4 Å². The number of urea groups is 1. The molecule has 2 N–H and O–H groups in total. The van der Waals surface area contributed by atoms with Crippen LogP contribution in [0, 0.1) is 0 Å². The number of fused-ring (bicyclic) bond motifs is 3. The lowest BCUT2D eigenvalue weighted by Gasteiger charge is -2.12. The monoisotopic (exact) mass is 461 g/mol. The van der Waals surface area contributed by atoms with E-state index in [2.05, 4.69) is 20.2 Å². The molecule has 0 fully saturated rings. The van der Waals surface area contributed by atoms with Gasteiger partial charge in [-0.05, 0) is 30.3 Å². The van der Waals surface area contributed by atoms with Crippen molar-refractivity contribution in [3.8, 4) is 17.0 Å². The Labute approximate surface area is 194 Å². The Morgan fingerprint density at radius 3 is 2.58 bits per heavy atom. The van der Waals surface area contributed by atoms with E-state index in [4.69, 9.17) is 14.2 Å². The minimum Gasteiger partial charge on any atom is -0.497 e. The van der Waals surface area contributed by atoms with Crippen molar-refractivity contribution in [2.75, 3.05) is 17.7 Å². The first-order chi connectivity index (χ1) is 15.8. The Balaban J connectivity index is 1.29. The number of methoxy groups -OCH3 is 1. The zero-order valence-corrected chi connectivity index (χ0v) is 19.5. The molecule has 8 nitrogen and oxygen atoms in total. The fourth-order valence-electron chi connectivity index (χ4n) is 3.43. The summed E-state index contributed by atoms with van der Waals surface area (Å²) in [5.74, 6) is 1.13.